The van der Waals surface area contributed by atoms with E-state index in [1.54, 1.807) is 50.2 Å². The first kappa shape index (κ1) is 29.6. The number of benzene rings is 2. The molecule has 1 aliphatic rings. The fourth-order valence-electron chi connectivity index (χ4n) is 4.45. The van der Waals surface area contributed by atoms with Crippen molar-refractivity contribution in [3.8, 4) is 0 Å². The maximum atomic E-state index is 13.7. The zero-order valence-electron chi connectivity index (χ0n) is 21.1. The molecule has 2 amide bonds. The Balaban J connectivity index is 1.92. The maximum Gasteiger partial charge on any atom is 0.244 e. The summed E-state index contributed by atoms with van der Waals surface area (Å²) in [6.45, 7) is 2.88. The number of amides is 2. The van der Waals surface area contributed by atoms with Crippen LogP contribution in [-0.4, -0.2) is 50.0 Å². The molecule has 37 heavy (non-hydrogen) atoms. The first-order valence-corrected chi connectivity index (χ1v) is 15.1. The molecule has 1 N–H and O–H groups in total. The lowest BCUT2D eigenvalue weighted by Crippen LogP contribution is -2.53. The standard InChI is InChI=1S/C26H32Cl3N3O4S/c1-17-21(27)10-7-11-24(17)32(37(3,35)36)16-25(33)31(15-19-12-13-22(28)23(29)14-19)18(2)26(34)30-20-8-5-4-6-9-20/h7,10-14,18,20H,4-6,8-9,15-16H2,1-3H3,(H,30,34)/t18-/m1/s1. The molecule has 1 atom stereocenters. The summed E-state index contributed by atoms with van der Waals surface area (Å²) in [6.07, 6.45) is 6.07. The SMILES string of the molecule is Cc1c(Cl)cccc1N(CC(=O)N(Cc1ccc(Cl)c(Cl)c1)[C@H](C)C(=O)NC1CCCCC1)S(C)(=O)=O. The smallest absolute Gasteiger partial charge is 0.244 e. The van der Waals surface area contributed by atoms with Gasteiger partial charge in [-0.05, 0) is 62.1 Å². The van der Waals surface area contributed by atoms with E-state index >= 15 is 0 Å². The molecule has 2 aromatic carbocycles. The fraction of sp³-hybridized carbons (Fsp3) is 0.462. The van der Waals surface area contributed by atoms with Crippen LogP contribution in [0.5, 0.6) is 0 Å². The summed E-state index contributed by atoms with van der Waals surface area (Å²) in [5, 5.41) is 4.13. The van der Waals surface area contributed by atoms with Gasteiger partial charge in [-0.15, -0.1) is 0 Å². The van der Waals surface area contributed by atoms with Gasteiger partial charge in [-0.2, -0.15) is 0 Å². The van der Waals surface area contributed by atoms with Gasteiger partial charge in [0.15, 0.2) is 0 Å². The van der Waals surface area contributed by atoms with Gasteiger partial charge in [-0.25, -0.2) is 8.42 Å². The van der Waals surface area contributed by atoms with Gasteiger partial charge in [0.1, 0.15) is 12.6 Å². The van der Waals surface area contributed by atoms with Crippen LogP contribution in [-0.2, 0) is 26.2 Å². The van der Waals surface area contributed by atoms with Crippen LogP contribution >= 0.6 is 34.8 Å². The van der Waals surface area contributed by atoms with Crippen molar-refractivity contribution in [2.24, 2.45) is 0 Å². The highest BCUT2D eigenvalue weighted by atomic mass is 35.5. The molecular weight excluding hydrogens is 557 g/mol. The Hall–Kier alpha value is -2.00. The molecule has 0 spiro atoms. The zero-order valence-corrected chi connectivity index (χ0v) is 24.2. The maximum absolute atomic E-state index is 13.7. The van der Waals surface area contributed by atoms with Crippen molar-refractivity contribution in [2.45, 2.75) is 64.6 Å². The number of halogens is 3. The van der Waals surface area contributed by atoms with Crippen molar-refractivity contribution in [2.75, 3.05) is 17.1 Å². The number of sulfonamides is 1. The van der Waals surface area contributed by atoms with E-state index in [0.29, 0.717) is 31.9 Å². The summed E-state index contributed by atoms with van der Waals surface area (Å²) in [7, 11) is -3.85. The van der Waals surface area contributed by atoms with Crippen LogP contribution in [0.15, 0.2) is 36.4 Å². The van der Waals surface area contributed by atoms with Crippen molar-refractivity contribution in [3.63, 3.8) is 0 Å². The van der Waals surface area contributed by atoms with E-state index < -0.39 is 28.5 Å². The van der Waals surface area contributed by atoms with E-state index in [1.807, 2.05) is 0 Å². The summed E-state index contributed by atoms with van der Waals surface area (Å²) >= 11 is 18.5. The molecule has 0 bridgehead atoms. The van der Waals surface area contributed by atoms with Gasteiger partial charge in [0.05, 0.1) is 22.0 Å². The number of hydrogen-bond acceptors (Lipinski definition) is 4. The number of nitrogens with zero attached hydrogens (tertiary/aromatic N) is 2. The first-order chi connectivity index (χ1) is 17.4. The average molecular weight is 589 g/mol. The zero-order chi connectivity index (χ0) is 27.3. The van der Waals surface area contributed by atoms with Crippen LogP contribution in [0.1, 0.15) is 50.2 Å². The lowest BCUT2D eigenvalue weighted by atomic mass is 9.95. The third-order valence-corrected chi connectivity index (χ3v) is 8.92. The van der Waals surface area contributed by atoms with Crippen molar-refractivity contribution < 1.29 is 18.0 Å². The summed E-state index contributed by atoms with van der Waals surface area (Å²) in [5.74, 6) is -0.827. The second kappa shape index (κ2) is 12.7. The van der Waals surface area contributed by atoms with Gasteiger partial charge in [0.25, 0.3) is 0 Å². The highest BCUT2D eigenvalue weighted by Gasteiger charge is 2.31. The van der Waals surface area contributed by atoms with E-state index in [-0.39, 0.29) is 18.5 Å². The molecule has 1 aliphatic carbocycles. The van der Waals surface area contributed by atoms with Crippen molar-refractivity contribution in [1.29, 1.82) is 0 Å². The highest BCUT2D eigenvalue weighted by molar-refractivity contribution is 7.92. The van der Waals surface area contributed by atoms with Crippen LogP contribution in [0.3, 0.4) is 0 Å². The third-order valence-electron chi connectivity index (χ3n) is 6.64. The van der Waals surface area contributed by atoms with Gasteiger partial charge in [-0.3, -0.25) is 13.9 Å². The number of carbonyl (C=O) groups is 2. The Morgan fingerprint density at radius 3 is 2.32 bits per heavy atom. The second-order valence-corrected chi connectivity index (χ2v) is 12.6. The number of rotatable bonds is 9. The molecule has 11 heteroatoms. The molecule has 7 nitrogen and oxygen atoms in total. The van der Waals surface area contributed by atoms with Crippen molar-refractivity contribution in [3.05, 3.63) is 62.6 Å². The minimum atomic E-state index is -3.85. The Kier molecular flexibility index (Phi) is 10.1. The lowest BCUT2D eigenvalue weighted by Gasteiger charge is -2.33. The van der Waals surface area contributed by atoms with Gasteiger partial charge < -0.3 is 10.2 Å². The quantitative estimate of drug-likeness (QED) is 0.414. The molecule has 2 aromatic rings. The number of anilines is 1. The van der Waals surface area contributed by atoms with Gasteiger partial charge in [0.2, 0.25) is 21.8 Å². The van der Waals surface area contributed by atoms with Crippen LogP contribution in [0, 0.1) is 6.92 Å². The van der Waals surface area contributed by atoms with Crippen LogP contribution in [0.25, 0.3) is 0 Å². The lowest BCUT2D eigenvalue weighted by molar-refractivity contribution is -0.139. The monoisotopic (exact) mass is 587 g/mol. The molecule has 3 rings (SSSR count). The van der Waals surface area contributed by atoms with Crippen LogP contribution < -0.4 is 9.62 Å². The Bertz CT molecular complexity index is 1250. The predicted octanol–water partition coefficient (Wildman–Crippen LogP) is 5.59. The largest absolute Gasteiger partial charge is 0.352 e. The highest BCUT2D eigenvalue weighted by Crippen LogP contribution is 2.29. The molecule has 0 aliphatic heterocycles. The molecule has 0 aromatic heterocycles. The van der Waals surface area contributed by atoms with Crippen molar-refractivity contribution in [1.82, 2.24) is 10.2 Å². The van der Waals surface area contributed by atoms with E-state index in [4.69, 9.17) is 34.8 Å². The van der Waals surface area contributed by atoms with Gasteiger partial charge >= 0.3 is 0 Å². The topological polar surface area (TPSA) is 86.8 Å². The summed E-state index contributed by atoms with van der Waals surface area (Å²) < 4.78 is 26.5. The minimum absolute atomic E-state index is 0.0428. The Morgan fingerprint density at radius 2 is 1.70 bits per heavy atom. The van der Waals surface area contributed by atoms with E-state index in [0.717, 1.165) is 42.7 Å². The normalized spacial score (nSPS) is 15.2. The molecule has 1 saturated carbocycles. The van der Waals surface area contributed by atoms with E-state index in [9.17, 15) is 18.0 Å². The predicted molar refractivity (Wildman–Crippen MR) is 150 cm³/mol. The second-order valence-electron chi connectivity index (χ2n) is 9.44. The Labute approximate surface area is 234 Å². The summed E-state index contributed by atoms with van der Waals surface area (Å²) in [5.41, 5.74) is 1.49. The molecular formula is C26H32Cl3N3O4S. The number of nitrogens with one attached hydrogen (secondary N) is 1. The summed E-state index contributed by atoms with van der Waals surface area (Å²) in [6, 6.07) is 9.04. The van der Waals surface area contributed by atoms with E-state index in [1.165, 1.54) is 4.90 Å². The molecule has 0 heterocycles. The number of hydrogen-bond donors (Lipinski definition) is 1. The number of carbonyl (C=O) groups excluding carboxylic acids is 2. The van der Waals surface area contributed by atoms with Crippen molar-refractivity contribution >= 4 is 62.3 Å². The fourth-order valence-corrected chi connectivity index (χ4v) is 5.84. The molecule has 0 saturated heterocycles. The van der Waals surface area contributed by atoms with Crippen LogP contribution in [0.4, 0.5) is 5.69 Å². The van der Waals surface area contributed by atoms with Gasteiger partial charge in [-0.1, -0.05) is 66.2 Å². The summed E-state index contributed by atoms with van der Waals surface area (Å²) in [4.78, 5) is 28.3. The third kappa shape index (κ3) is 7.76. The molecule has 1 fully saturated rings. The Morgan fingerprint density at radius 1 is 1.03 bits per heavy atom. The first-order valence-electron chi connectivity index (χ1n) is 12.1. The van der Waals surface area contributed by atoms with E-state index in [2.05, 4.69) is 5.32 Å². The van der Waals surface area contributed by atoms with Gasteiger partial charge in [0, 0.05) is 17.6 Å². The molecule has 202 valence electrons. The van der Waals surface area contributed by atoms with Crippen LogP contribution in [0.2, 0.25) is 15.1 Å². The minimum Gasteiger partial charge on any atom is -0.352 e. The molecule has 0 radical (unpaired) electrons. The average Bonchev–Trinajstić information content (AvgIpc) is 2.84. The molecule has 0 unspecified atom stereocenters.